The first-order valence-corrected chi connectivity index (χ1v) is 9.30. The minimum atomic E-state index is -4.35. The van der Waals surface area contributed by atoms with Gasteiger partial charge in [-0.05, 0) is 42.2 Å². The number of amides is 1. The van der Waals surface area contributed by atoms with E-state index in [2.05, 4.69) is 6.58 Å². The summed E-state index contributed by atoms with van der Waals surface area (Å²) in [4.78, 5) is 15.5. The number of hydrogen-bond acceptors (Lipinski definition) is 2. The number of benzene rings is 1. The lowest BCUT2D eigenvalue weighted by Crippen LogP contribution is -2.32. The number of rotatable bonds is 6. The minimum absolute atomic E-state index is 0.000629. The Kier molecular flexibility index (Phi) is 5.44. The van der Waals surface area contributed by atoms with E-state index in [-0.39, 0.29) is 17.7 Å². The second-order valence-electron chi connectivity index (χ2n) is 6.28. The molecule has 1 aliphatic rings. The Bertz CT molecular complexity index is 800. The fourth-order valence-electron chi connectivity index (χ4n) is 3.00. The van der Waals surface area contributed by atoms with Crippen molar-refractivity contribution in [2.45, 2.75) is 25.1 Å². The van der Waals surface area contributed by atoms with E-state index in [1.807, 2.05) is 6.07 Å². The summed E-state index contributed by atoms with van der Waals surface area (Å²) >= 11 is 7.36. The van der Waals surface area contributed by atoms with Gasteiger partial charge in [-0.3, -0.25) is 4.79 Å². The quantitative estimate of drug-likeness (QED) is 0.567. The topological polar surface area (TPSA) is 20.3 Å². The molecule has 1 heterocycles. The van der Waals surface area contributed by atoms with Gasteiger partial charge in [0.25, 0.3) is 0 Å². The Morgan fingerprint density at radius 2 is 1.96 bits per heavy atom. The third kappa shape index (κ3) is 4.30. The van der Waals surface area contributed by atoms with Gasteiger partial charge in [0.1, 0.15) is 0 Å². The summed E-state index contributed by atoms with van der Waals surface area (Å²) in [6, 6.07) is 8.76. The van der Waals surface area contributed by atoms with Crippen molar-refractivity contribution < 1.29 is 18.0 Å². The Labute approximate surface area is 158 Å². The molecule has 1 aromatic carbocycles. The van der Waals surface area contributed by atoms with Gasteiger partial charge < -0.3 is 4.90 Å². The first-order valence-electron chi connectivity index (χ1n) is 8.10. The van der Waals surface area contributed by atoms with Crippen LogP contribution in [-0.2, 0) is 17.5 Å². The van der Waals surface area contributed by atoms with Gasteiger partial charge in [-0.25, -0.2) is 0 Å². The lowest BCUT2D eigenvalue weighted by atomic mass is 10.1. The van der Waals surface area contributed by atoms with Crippen LogP contribution in [0.1, 0.15) is 28.3 Å². The molecule has 138 valence electrons. The average Bonchev–Trinajstić information content (AvgIpc) is 3.29. The Hall–Kier alpha value is -1.79. The fourth-order valence-corrected chi connectivity index (χ4v) is 4.11. The van der Waals surface area contributed by atoms with Crippen molar-refractivity contribution in [3.63, 3.8) is 0 Å². The van der Waals surface area contributed by atoms with E-state index in [1.165, 1.54) is 23.5 Å². The molecule has 2 atom stereocenters. The zero-order valence-electron chi connectivity index (χ0n) is 13.8. The molecule has 3 rings (SSSR count). The van der Waals surface area contributed by atoms with Crippen LogP contribution in [-0.4, -0.2) is 17.4 Å². The standard InChI is InChI=1S/C19H17ClF3NOS/c1-2-9-24(11-14-7-8-17(20)26-14)18(25)16-10-15(16)12-3-5-13(6-4-12)19(21,22)23/h2-8,15-16H,1,9-11H2. The SMILES string of the molecule is C=CCN(Cc1ccc(Cl)s1)C(=O)C1CC1c1ccc(C(F)(F)F)cc1. The number of halogens is 4. The van der Waals surface area contributed by atoms with E-state index in [4.69, 9.17) is 11.6 Å². The van der Waals surface area contributed by atoms with Crippen LogP contribution in [0.3, 0.4) is 0 Å². The second kappa shape index (κ2) is 7.45. The molecule has 1 aromatic heterocycles. The maximum Gasteiger partial charge on any atom is 0.416 e. The van der Waals surface area contributed by atoms with Gasteiger partial charge in [0.2, 0.25) is 5.91 Å². The molecule has 2 aromatic rings. The second-order valence-corrected chi connectivity index (χ2v) is 8.08. The van der Waals surface area contributed by atoms with E-state index >= 15 is 0 Å². The monoisotopic (exact) mass is 399 g/mol. The van der Waals surface area contributed by atoms with E-state index in [0.29, 0.717) is 23.8 Å². The lowest BCUT2D eigenvalue weighted by molar-refractivity contribution is -0.137. The molecule has 2 unspecified atom stereocenters. The third-order valence-corrected chi connectivity index (χ3v) is 5.63. The summed E-state index contributed by atoms with van der Waals surface area (Å²) in [7, 11) is 0. The molecule has 0 spiro atoms. The molecule has 1 fully saturated rings. The summed E-state index contributed by atoms with van der Waals surface area (Å²) in [5.41, 5.74) is 0.0988. The van der Waals surface area contributed by atoms with E-state index in [1.54, 1.807) is 17.0 Å². The predicted molar refractivity (Wildman–Crippen MR) is 97.2 cm³/mol. The normalized spacial score (nSPS) is 19.2. The summed E-state index contributed by atoms with van der Waals surface area (Å²) in [5.74, 6) is -0.217. The maximum absolute atomic E-state index is 12.8. The molecule has 0 bridgehead atoms. The molecule has 1 amide bonds. The van der Waals surface area contributed by atoms with Crippen LogP contribution in [0.4, 0.5) is 13.2 Å². The van der Waals surface area contributed by atoms with Crippen molar-refractivity contribution in [2.24, 2.45) is 5.92 Å². The molecule has 0 saturated heterocycles. The largest absolute Gasteiger partial charge is 0.416 e. The van der Waals surface area contributed by atoms with E-state index in [9.17, 15) is 18.0 Å². The van der Waals surface area contributed by atoms with Gasteiger partial charge >= 0.3 is 6.18 Å². The summed E-state index contributed by atoms with van der Waals surface area (Å²) in [5, 5.41) is 0. The molecular formula is C19H17ClF3NOS. The van der Waals surface area contributed by atoms with Crippen molar-refractivity contribution in [1.82, 2.24) is 4.90 Å². The Morgan fingerprint density at radius 1 is 1.27 bits per heavy atom. The van der Waals surface area contributed by atoms with Crippen LogP contribution >= 0.6 is 22.9 Å². The van der Waals surface area contributed by atoms with Gasteiger partial charge in [-0.1, -0.05) is 29.8 Å². The highest BCUT2D eigenvalue weighted by Gasteiger charge is 2.45. The summed E-state index contributed by atoms with van der Waals surface area (Å²) in [6.07, 6.45) is -2.02. The number of nitrogens with zero attached hydrogens (tertiary/aromatic N) is 1. The highest BCUT2D eigenvalue weighted by molar-refractivity contribution is 7.16. The molecule has 0 aliphatic heterocycles. The van der Waals surface area contributed by atoms with Gasteiger partial charge in [-0.2, -0.15) is 13.2 Å². The van der Waals surface area contributed by atoms with Crippen LogP contribution in [0.15, 0.2) is 49.1 Å². The molecule has 1 saturated carbocycles. The molecule has 26 heavy (non-hydrogen) atoms. The average molecular weight is 400 g/mol. The van der Waals surface area contributed by atoms with Gasteiger partial charge in [0.05, 0.1) is 16.4 Å². The van der Waals surface area contributed by atoms with Crippen LogP contribution in [0, 0.1) is 5.92 Å². The molecule has 0 radical (unpaired) electrons. The zero-order chi connectivity index (χ0) is 18.9. The van der Waals surface area contributed by atoms with Crippen molar-refractivity contribution in [2.75, 3.05) is 6.54 Å². The van der Waals surface area contributed by atoms with Crippen molar-refractivity contribution in [1.29, 1.82) is 0 Å². The Balaban J connectivity index is 1.67. The Morgan fingerprint density at radius 3 is 2.50 bits per heavy atom. The fraction of sp³-hybridized carbons (Fsp3) is 0.316. The van der Waals surface area contributed by atoms with Crippen LogP contribution < -0.4 is 0 Å². The van der Waals surface area contributed by atoms with Crippen LogP contribution in [0.2, 0.25) is 4.34 Å². The smallest absolute Gasteiger partial charge is 0.334 e. The van der Waals surface area contributed by atoms with Crippen LogP contribution in [0.5, 0.6) is 0 Å². The van der Waals surface area contributed by atoms with E-state index in [0.717, 1.165) is 22.6 Å². The number of carbonyl (C=O) groups is 1. The maximum atomic E-state index is 12.8. The first kappa shape index (κ1) is 19.0. The van der Waals surface area contributed by atoms with Crippen molar-refractivity contribution in [3.05, 3.63) is 69.4 Å². The van der Waals surface area contributed by atoms with Gasteiger partial charge in [0.15, 0.2) is 0 Å². The molecule has 1 aliphatic carbocycles. The molecule has 7 heteroatoms. The molecular weight excluding hydrogens is 383 g/mol. The highest BCUT2D eigenvalue weighted by atomic mass is 35.5. The highest BCUT2D eigenvalue weighted by Crippen LogP contribution is 2.49. The molecule has 2 nitrogen and oxygen atoms in total. The van der Waals surface area contributed by atoms with Crippen molar-refractivity contribution in [3.8, 4) is 0 Å². The zero-order valence-corrected chi connectivity index (χ0v) is 15.4. The van der Waals surface area contributed by atoms with Crippen molar-refractivity contribution >= 4 is 28.8 Å². The predicted octanol–water partition coefficient (Wildman–Crippen LogP) is 5.74. The van der Waals surface area contributed by atoms with E-state index < -0.39 is 11.7 Å². The summed E-state index contributed by atoms with van der Waals surface area (Å²) < 4.78 is 38.7. The summed E-state index contributed by atoms with van der Waals surface area (Å²) in [6.45, 7) is 4.57. The number of carbonyl (C=O) groups excluding carboxylic acids is 1. The number of hydrogen-bond donors (Lipinski definition) is 0. The minimum Gasteiger partial charge on any atom is -0.334 e. The van der Waals surface area contributed by atoms with Crippen LogP contribution in [0.25, 0.3) is 0 Å². The first-order chi connectivity index (χ1) is 12.3. The van der Waals surface area contributed by atoms with Gasteiger partial charge in [-0.15, -0.1) is 17.9 Å². The molecule has 0 N–H and O–H groups in total. The van der Waals surface area contributed by atoms with Gasteiger partial charge in [0, 0.05) is 17.3 Å². The third-order valence-electron chi connectivity index (χ3n) is 4.41. The number of thiophene rings is 1. The lowest BCUT2D eigenvalue weighted by Gasteiger charge is -2.20. The number of alkyl halides is 3.